The SMILES string of the molecule is COCC(=O)NCc1ccncc1C. The van der Waals surface area contributed by atoms with Crippen LogP contribution in [0.1, 0.15) is 11.1 Å². The number of amides is 1. The monoisotopic (exact) mass is 194 g/mol. The van der Waals surface area contributed by atoms with E-state index in [1.54, 1.807) is 12.4 Å². The van der Waals surface area contributed by atoms with E-state index < -0.39 is 0 Å². The lowest BCUT2D eigenvalue weighted by Crippen LogP contribution is -2.26. The van der Waals surface area contributed by atoms with Crippen molar-refractivity contribution in [2.75, 3.05) is 13.7 Å². The molecule has 0 atom stereocenters. The molecule has 0 aliphatic carbocycles. The van der Waals surface area contributed by atoms with Crippen LogP contribution < -0.4 is 5.32 Å². The summed E-state index contributed by atoms with van der Waals surface area (Å²) >= 11 is 0. The van der Waals surface area contributed by atoms with Crippen LogP contribution >= 0.6 is 0 Å². The van der Waals surface area contributed by atoms with Crippen LogP contribution in [0.15, 0.2) is 18.5 Å². The molecule has 1 amide bonds. The minimum atomic E-state index is -0.108. The normalized spacial score (nSPS) is 9.86. The summed E-state index contributed by atoms with van der Waals surface area (Å²) < 4.78 is 4.70. The van der Waals surface area contributed by atoms with Gasteiger partial charge in [-0.3, -0.25) is 9.78 Å². The van der Waals surface area contributed by atoms with E-state index in [1.807, 2.05) is 13.0 Å². The van der Waals surface area contributed by atoms with Gasteiger partial charge in [0.1, 0.15) is 6.61 Å². The Morgan fingerprint density at radius 2 is 2.43 bits per heavy atom. The number of nitrogens with one attached hydrogen (secondary N) is 1. The van der Waals surface area contributed by atoms with Crippen molar-refractivity contribution < 1.29 is 9.53 Å². The number of hydrogen-bond donors (Lipinski definition) is 1. The first-order chi connectivity index (χ1) is 6.74. The Kier molecular flexibility index (Phi) is 4.07. The van der Waals surface area contributed by atoms with Crippen molar-refractivity contribution >= 4 is 5.91 Å². The van der Waals surface area contributed by atoms with E-state index in [4.69, 9.17) is 4.74 Å². The molecule has 0 radical (unpaired) electrons. The standard InChI is InChI=1S/C10H14N2O2/c1-8-5-11-4-3-9(8)6-12-10(13)7-14-2/h3-5H,6-7H2,1-2H3,(H,12,13). The fourth-order valence-corrected chi connectivity index (χ4v) is 1.08. The zero-order valence-electron chi connectivity index (χ0n) is 8.41. The number of aromatic nitrogens is 1. The summed E-state index contributed by atoms with van der Waals surface area (Å²) in [5.41, 5.74) is 2.15. The molecule has 14 heavy (non-hydrogen) atoms. The number of methoxy groups -OCH3 is 1. The third-order valence-corrected chi connectivity index (χ3v) is 1.89. The average molecular weight is 194 g/mol. The molecule has 1 rings (SSSR count). The summed E-state index contributed by atoms with van der Waals surface area (Å²) in [7, 11) is 1.50. The molecular weight excluding hydrogens is 180 g/mol. The molecule has 0 saturated carbocycles. The molecule has 0 fully saturated rings. The summed E-state index contributed by atoms with van der Waals surface area (Å²) in [6.45, 7) is 2.59. The van der Waals surface area contributed by atoms with Crippen LogP contribution in [0, 0.1) is 6.92 Å². The predicted octanol–water partition coefficient (Wildman–Crippen LogP) is 0.653. The molecule has 0 bridgehead atoms. The number of rotatable bonds is 4. The van der Waals surface area contributed by atoms with Gasteiger partial charge in [-0.15, -0.1) is 0 Å². The smallest absolute Gasteiger partial charge is 0.246 e. The molecule has 1 N–H and O–H groups in total. The maximum Gasteiger partial charge on any atom is 0.246 e. The fraction of sp³-hybridized carbons (Fsp3) is 0.400. The largest absolute Gasteiger partial charge is 0.375 e. The Bertz CT molecular complexity index is 313. The second kappa shape index (κ2) is 5.34. The number of ether oxygens (including phenoxy) is 1. The molecule has 1 heterocycles. The van der Waals surface area contributed by atoms with Gasteiger partial charge < -0.3 is 10.1 Å². The summed E-state index contributed by atoms with van der Waals surface area (Å²) in [6, 6.07) is 1.89. The van der Waals surface area contributed by atoms with Gasteiger partial charge in [-0.05, 0) is 24.1 Å². The van der Waals surface area contributed by atoms with Gasteiger partial charge in [-0.1, -0.05) is 0 Å². The summed E-state index contributed by atoms with van der Waals surface area (Å²) in [6.07, 6.45) is 3.49. The highest BCUT2D eigenvalue weighted by Gasteiger charge is 2.01. The van der Waals surface area contributed by atoms with Gasteiger partial charge in [0.2, 0.25) is 5.91 Å². The van der Waals surface area contributed by atoms with Crippen molar-refractivity contribution in [1.82, 2.24) is 10.3 Å². The highest BCUT2D eigenvalue weighted by Crippen LogP contribution is 2.03. The molecule has 0 saturated heterocycles. The van der Waals surface area contributed by atoms with Gasteiger partial charge >= 0.3 is 0 Å². The lowest BCUT2D eigenvalue weighted by molar-refractivity contribution is -0.124. The van der Waals surface area contributed by atoms with E-state index in [0.29, 0.717) is 6.54 Å². The number of aryl methyl sites for hydroxylation is 1. The van der Waals surface area contributed by atoms with Crippen molar-refractivity contribution in [2.45, 2.75) is 13.5 Å². The first-order valence-corrected chi connectivity index (χ1v) is 4.39. The molecule has 0 aliphatic heterocycles. The van der Waals surface area contributed by atoms with Crippen molar-refractivity contribution in [2.24, 2.45) is 0 Å². The quantitative estimate of drug-likeness (QED) is 0.765. The van der Waals surface area contributed by atoms with Crippen LogP contribution in [-0.2, 0) is 16.1 Å². The lowest BCUT2D eigenvalue weighted by Gasteiger charge is -2.06. The average Bonchev–Trinajstić information content (AvgIpc) is 2.17. The number of nitrogens with zero attached hydrogens (tertiary/aromatic N) is 1. The van der Waals surface area contributed by atoms with Gasteiger partial charge in [-0.25, -0.2) is 0 Å². The molecule has 1 aromatic heterocycles. The van der Waals surface area contributed by atoms with Crippen LogP contribution in [0.2, 0.25) is 0 Å². The van der Waals surface area contributed by atoms with E-state index in [-0.39, 0.29) is 12.5 Å². The van der Waals surface area contributed by atoms with Crippen molar-refractivity contribution in [3.63, 3.8) is 0 Å². The van der Waals surface area contributed by atoms with E-state index >= 15 is 0 Å². The van der Waals surface area contributed by atoms with Crippen molar-refractivity contribution in [3.8, 4) is 0 Å². The van der Waals surface area contributed by atoms with Crippen molar-refractivity contribution in [1.29, 1.82) is 0 Å². The van der Waals surface area contributed by atoms with Crippen LogP contribution in [-0.4, -0.2) is 24.6 Å². The highest BCUT2D eigenvalue weighted by molar-refractivity contribution is 5.77. The van der Waals surface area contributed by atoms with Gasteiger partial charge in [0, 0.05) is 26.0 Å². The molecule has 4 heteroatoms. The summed E-state index contributed by atoms with van der Waals surface area (Å²) in [4.78, 5) is 15.0. The number of carbonyl (C=O) groups excluding carboxylic acids is 1. The Labute approximate surface area is 83.3 Å². The molecular formula is C10H14N2O2. The third kappa shape index (κ3) is 3.14. The second-order valence-corrected chi connectivity index (χ2v) is 3.01. The Hall–Kier alpha value is -1.42. The van der Waals surface area contributed by atoms with Gasteiger partial charge in [0.25, 0.3) is 0 Å². The van der Waals surface area contributed by atoms with Crippen LogP contribution in [0.5, 0.6) is 0 Å². The second-order valence-electron chi connectivity index (χ2n) is 3.01. The highest BCUT2D eigenvalue weighted by atomic mass is 16.5. The third-order valence-electron chi connectivity index (χ3n) is 1.89. The minimum absolute atomic E-state index is 0.101. The maximum absolute atomic E-state index is 11.1. The Balaban J connectivity index is 2.46. The van der Waals surface area contributed by atoms with Gasteiger partial charge in [0.05, 0.1) is 0 Å². The van der Waals surface area contributed by atoms with Gasteiger partial charge in [0.15, 0.2) is 0 Å². The van der Waals surface area contributed by atoms with E-state index in [2.05, 4.69) is 10.3 Å². The minimum Gasteiger partial charge on any atom is -0.375 e. The predicted molar refractivity (Wildman–Crippen MR) is 52.7 cm³/mol. The molecule has 0 unspecified atom stereocenters. The Morgan fingerprint density at radius 1 is 1.64 bits per heavy atom. The zero-order chi connectivity index (χ0) is 10.4. The van der Waals surface area contributed by atoms with E-state index in [1.165, 1.54) is 7.11 Å². The molecule has 0 aliphatic rings. The molecule has 1 aromatic rings. The van der Waals surface area contributed by atoms with Crippen LogP contribution in [0.25, 0.3) is 0 Å². The fourth-order valence-electron chi connectivity index (χ4n) is 1.08. The lowest BCUT2D eigenvalue weighted by atomic mass is 10.1. The first-order valence-electron chi connectivity index (χ1n) is 4.39. The van der Waals surface area contributed by atoms with Gasteiger partial charge in [-0.2, -0.15) is 0 Å². The topological polar surface area (TPSA) is 51.2 Å². The first kappa shape index (κ1) is 10.7. The van der Waals surface area contributed by atoms with Crippen LogP contribution in [0.4, 0.5) is 0 Å². The van der Waals surface area contributed by atoms with E-state index in [9.17, 15) is 4.79 Å². The Morgan fingerprint density at radius 3 is 3.07 bits per heavy atom. The summed E-state index contributed by atoms with van der Waals surface area (Å²) in [5.74, 6) is -0.108. The molecule has 76 valence electrons. The van der Waals surface area contributed by atoms with Crippen LogP contribution in [0.3, 0.4) is 0 Å². The zero-order valence-corrected chi connectivity index (χ0v) is 8.41. The number of hydrogen-bond acceptors (Lipinski definition) is 3. The number of carbonyl (C=O) groups is 1. The molecule has 0 spiro atoms. The number of pyridine rings is 1. The molecule has 0 aromatic carbocycles. The van der Waals surface area contributed by atoms with E-state index in [0.717, 1.165) is 11.1 Å². The van der Waals surface area contributed by atoms with Crippen molar-refractivity contribution in [3.05, 3.63) is 29.6 Å². The summed E-state index contributed by atoms with van der Waals surface area (Å²) in [5, 5.41) is 2.75. The molecule has 4 nitrogen and oxygen atoms in total. The maximum atomic E-state index is 11.1.